The summed E-state index contributed by atoms with van der Waals surface area (Å²) in [6.45, 7) is 0. The maximum absolute atomic E-state index is 11.7. The quantitative estimate of drug-likeness (QED) is 0.810. The fraction of sp³-hybridized carbons (Fsp3) is 0.111. The number of Topliss-reactive ketones (excluding diaryl/α,β-unsaturated/α-hetero) is 1. The molecule has 0 saturated heterocycles. The van der Waals surface area contributed by atoms with Gasteiger partial charge in [-0.1, -0.05) is 0 Å². The monoisotopic (exact) mass is 283 g/mol. The number of carbonyl (C=O) groups is 1. The fourth-order valence-corrected chi connectivity index (χ4v) is 1.89. The predicted molar refractivity (Wildman–Crippen MR) is 59.9 cm³/mol. The summed E-state index contributed by atoms with van der Waals surface area (Å²) >= 11 is 4.37. The topological polar surface area (TPSA) is 55.7 Å². The SMILES string of the molecule is O=C(Cc1cnsn1)c1cncc(Br)c1. The standard InChI is InChI=1S/C9H6BrN3OS/c10-7-1-6(3-11-4-7)9(14)2-8-5-12-15-13-8/h1,3-5H,2H2. The number of carbonyl (C=O) groups excluding carboxylic acids is 1. The van der Waals surface area contributed by atoms with Crippen molar-refractivity contribution in [3.8, 4) is 0 Å². The van der Waals surface area contributed by atoms with Gasteiger partial charge >= 0.3 is 0 Å². The van der Waals surface area contributed by atoms with Gasteiger partial charge in [-0.05, 0) is 22.0 Å². The lowest BCUT2D eigenvalue weighted by atomic mass is 10.1. The number of halogens is 1. The largest absolute Gasteiger partial charge is 0.294 e. The smallest absolute Gasteiger partial charge is 0.170 e. The molecule has 2 aromatic rings. The van der Waals surface area contributed by atoms with Crippen LogP contribution in [0.2, 0.25) is 0 Å². The van der Waals surface area contributed by atoms with Gasteiger partial charge in [0, 0.05) is 22.4 Å². The highest BCUT2D eigenvalue weighted by Gasteiger charge is 2.09. The lowest BCUT2D eigenvalue weighted by Gasteiger charge is -1.98. The highest BCUT2D eigenvalue weighted by molar-refractivity contribution is 9.10. The second kappa shape index (κ2) is 4.59. The molecule has 2 rings (SSSR count). The van der Waals surface area contributed by atoms with Gasteiger partial charge in [0.2, 0.25) is 0 Å². The molecule has 0 spiro atoms. The van der Waals surface area contributed by atoms with Crippen molar-refractivity contribution >= 4 is 33.4 Å². The lowest BCUT2D eigenvalue weighted by molar-refractivity contribution is 0.0991. The minimum absolute atomic E-state index is 0.00324. The first-order valence-corrected chi connectivity index (χ1v) is 5.68. The molecule has 0 fully saturated rings. The van der Waals surface area contributed by atoms with Gasteiger partial charge in [-0.25, -0.2) is 0 Å². The minimum Gasteiger partial charge on any atom is -0.294 e. The Balaban J connectivity index is 2.15. The van der Waals surface area contributed by atoms with Crippen molar-refractivity contribution in [3.63, 3.8) is 0 Å². The molecule has 0 amide bonds. The van der Waals surface area contributed by atoms with Gasteiger partial charge in [0.15, 0.2) is 5.78 Å². The summed E-state index contributed by atoms with van der Waals surface area (Å²) in [5.41, 5.74) is 1.28. The Morgan fingerprint density at radius 3 is 2.93 bits per heavy atom. The van der Waals surface area contributed by atoms with Gasteiger partial charge in [-0.15, -0.1) is 0 Å². The molecule has 0 unspecified atom stereocenters. The van der Waals surface area contributed by atoms with Crippen LogP contribution >= 0.6 is 27.7 Å². The average molecular weight is 284 g/mol. The number of pyridine rings is 1. The molecule has 0 aliphatic rings. The van der Waals surface area contributed by atoms with Crippen molar-refractivity contribution in [2.45, 2.75) is 6.42 Å². The van der Waals surface area contributed by atoms with E-state index in [1.807, 2.05) is 0 Å². The average Bonchev–Trinajstić information content (AvgIpc) is 2.70. The number of hydrogen-bond acceptors (Lipinski definition) is 5. The van der Waals surface area contributed by atoms with Crippen molar-refractivity contribution in [2.24, 2.45) is 0 Å². The molecule has 0 atom stereocenters. The Morgan fingerprint density at radius 1 is 1.40 bits per heavy atom. The molecular formula is C9H6BrN3OS. The Bertz CT molecular complexity index is 472. The third-order valence-corrected chi connectivity index (χ3v) is 2.72. The zero-order valence-corrected chi connectivity index (χ0v) is 9.96. The first kappa shape index (κ1) is 10.4. The fourth-order valence-electron chi connectivity index (χ4n) is 1.09. The molecule has 0 aliphatic heterocycles. The molecule has 0 radical (unpaired) electrons. The first-order chi connectivity index (χ1) is 7.25. The van der Waals surface area contributed by atoms with Crippen LogP contribution in [0.1, 0.15) is 16.1 Å². The Kier molecular flexibility index (Phi) is 3.17. The molecule has 2 heterocycles. The van der Waals surface area contributed by atoms with Gasteiger partial charge in [0.25, 0.3) is 0 Å². The molecular weight excluding hydrogens is 278 g/mol. The summed E-state index contributed by atoms with van der Waals surface area (Å²) in [5, 5.41) is 0. The van der Waals surface area contributed by atoms with Crippen LogP contribution in [0, 0.1) is 0 Å². The second-order valence-corrected chi connectivity index (χ2v) is 4.36. The van der Waals surface area contributed by atoms with Crippen LogP contribution in [0.4, 0.5) is 0 Å². The van der Waals surface area contributed by atoms with E-state index in [4.69, 9.17) is 0 Å². The van der Waals surface area contributed by atoms with Crippen LogP contribution in [-0.2, 0) is 6.42 Å². The summed E-state index contributed by atoms with van der Waals surface area (Å²) in [6.07, 6.45) is 5.07. The molecule has 0 aliphatic carbocycles. The highest BCUT2D eigenvalue weighted by Crippen LogP contribution is 2.11. The Morgan fingerprint density at radius 2 is 2.27 bits per heavy atom. The maximum atomic E-state index is 11.7. The predicted octanol–water partition coefficient (Wildman–Crippen LogP) is 2.12. The van der Waals surface area contributed by atoms with Gasteiger partial charge in [-0.2, -0.15) is 8.75 Å². The summed E-state index contributed by atoms with van der Waals surface area (Å²) in [6, 6.07) is 1.75. The Hall–Kier alpha value is -1.14. The zero-order chi connectivity index (χ0) is 10.7. The van der Waals surface area contributed by atoms with E-state index in [2.05, 4.69) is 29.7 Å². The third-order valence-electron chi connectivity index (χ3n) is 1.78. The van der Waals surface area contributed by atoms with Crippen molar-refractivity contribution in [1.29, 1.82) is 0 Å². The summed E-state index contributed by atoms with van der Waals surface area (Å²) in [7, 11) is 0. The van der Waals surface area contributed by atoms with Crippen LogP contribution in [-0.4, -0.2) is 19.5 Å². The van der Waals surface area contributed by atoms with E-state index >= 15 is 0 Å². The van der Waals surface area contributed by atoms with E-state index < -0.39 is 0 Å². The van der Waals surface area contributed by atoms with Crippen LogP contribution in [0.5, 0.6) is 0 Å². The molecule has 2 aromatic heterocycles. The van der Waals surface area contributed by atoms with Gasteiger partial charge in [-0.3, -0.25) is 9.78 Å². The van der Waals surface area contributed by atoms with Gasteiger partial charge in [0.1, 0.15) is 0 Å². The van der Waals surface area contributed by atoms with Crippen LogP contribution in [0.25, 0.3) is 0 Å². The highest BCUT2D eigenvalue weighted by atomic mass is 79.9. The van der Waals surface area contributed by atoms with Crippen molar-refractivity contribution in [3.05, 3.63) is 40.4 Å². The molecule has 0 bridgehead atoms. The molecule has 0 aromatic carbocycles. The van der Waals surface area contributed by atoms with Gasteiger partial charge < -0.3 is 0 Å². The Labute approximate surface area is 98.8 Å². The normalized spacial score (nSPS) is 10.2. The lowest BCUT2D eigenvalue weighted by Crippen LogP contribution is -2.04. The zero-order valence-electron chi connectivity index (χ0n) is 7.55. The molecule has 6 heteroatoms. The second-order valence-electron chi connectivity index (χ2n) is 2.89. The van der Waals surface area contributed by atoms with Crippen molar-refractivity contribution in [2.75, 3.05) is 0 Å². The summed E-state index contributed by atoms with van der Waals surface area (Å²) in [4.78, 5) is 15.7. The van der Waals surface area contributed by atoms with Crippen LogP contribution < -0.4 is 0 Å². The van der Waals surface area contributed by atoms with E-state index in [9.17, 15) is 4.79 Å². The number of aromatic nitrogens is 3. The number of nitrogens with zero attached hydrogens (tertiary/aromatic N) is 3. The summed E-state index contributed by atoms with van der Waals surface area (Å²) in [5.74, 6) is -0.00324. The van der Waals surface area contributed by atoms with Crippen molar-refractivity contribution < 1.29 is 4.79 Å². The number of rotatable bonds is 3. The maximum Gasteiger partial charge on any atom is 0.170 e. The van der Waals surface area contributed by atoms with E-state index in [-0.39, 0.29) is 12.2 Å². The van der Waals surface area contributed by atoms with Crippen LogP contribution in [0.15, 0.2) is 29.1 Å². The minimum atomic E-state index is -0.00324. The van der Waals surface area contributed by atoms with Gasteiger partial charge in [0.05, 0.1) is 30.0 Å². The van der Waals surface area contributed by atoms with E-state index in [1.165, 1.54) is 0 Å². The van der Waals surface area contributed by atoms with E-state index in [0.717, 1.165) is 16.2 Å². The number of hydrogen-bond donors (Lipinski definition) is 0. The first-order valence-electron chi connectivity index (χ1n) is 4.16. The molecule has 0 N–H and O–H groups in total. The van der Waals surface area contributed by atoms with E-state index in [0.29, 0.717) is 11.3 Å². The third kappa shape index (κ3) is 2.66. The molecule has 76 valence electrons. The van der Waals surface area contributed by atoms with E-state index in [1.54, 1.807) is 24.7 Å². The van der Waals surface area contributed by atoms with Crippen LogP contribution in [0.3, 0.4) is 0 Å². The molecule has 15 heavy (non-hydrogen) atoms. The number of ketones is 1. The molecule has 4 nitrogen and oxygen atoms in total. The molecule has 0 saturated carbocycles. The van der Waals surface area contributed by atoms with Crippen molar-refractivity contribution in [1.82, 2.24) is 13.7 Å². The summed E-state index contributed by atoms with van der Waals surface area (Å²) < 4.78 is 8.62.